The van der Waals surface area contributed by atoms with Crippen LogP contribution in [0.3, 0.4) is 0 Å². The smallest absolute Gasteiger partial charge is 0.245 e. The van der Waals surface area contributed by atoms with E-state index in [0.717, 1.165) is 25.8 Å². The monoisotopic (exact) mass is 380 g/mol. The van der Waals surface area contributed by atoms with E-state index < -0.39 is 15.6 Å². The van der Waals surface area contributed by atoms with Gasteiger partial charge in [-0.1, -0.05) is 27.7 Å². The number of hydrogen-bond acceptors (Lipinski definition) is 4. The second-order valence-electron chi connectivity index (χ2n) is 5.08. The third-order valence-electron chi connectivity index (χ3n) is 3.93. The molecule has 0 radical (unpaired) electrons. The Bertz CT molecular complexity index is 542. The minimum Gasteiger partial charge on any atom is -0.452 e. The molecule has 0 aliphatic heterocycles. The van der Waals surface area contributed by atoms with Crippen molar-refractivity contribution in [3.8, 4) is 0 Å². The summed E-state index contributed by atoms with van der Waals surface area (Å²) in [6.07, 6.45) is 2.25. The molecule has 5 nitrogen and oxygen atoms in total. The Morgan fingerprint density at radius 1 is 1.19 bits per heavy atom. The lowest BCUT2D eigenvalue weighted by Gasteiger charge is -2.31. The number of furan rings is 1. The van der Waals surface area contributed by atoms with Crippen LogP contribution in [0, 0.1) is 0 Å². The van der Waals surface area contributed by atoms with Crippen molar-refractivity contribution in [2.45, 2.75) is 63.9 Å². The lowest BCUT2D eigenvalue weighted by atomic mass is 9.91. The molecule has 21 heavy (non-hydrogen) atoms. The molecule has 0 bridgehead atoms. The van der Waals surface area contributed by atoms with Crippen molar-refractivity contribution in [1.82, 2.24) is 10.0 Å². The average molecular weight is 381 g/mol. The predicted octanol–water partition coefficient (Wildman–Crippen LogP) is 3.40. The van der Waals surface area contributed by atoms with Crippen LogP contribution in [0.2, 0.25) is 0 Å². The van der Waals surface area contributed by atoms with E-state index in [0.29, 0.717) is 12.3 Å². The third-order valence-corrected chi connectivity index (χ3v) is 6.36. The summed E-state index contributed by atoms with van der Waals surface area (Å²) in [5.41, 5.74) is -0.405. The van der Waals surface area contributed by atoms with Gasteiger partial charge >= 0.3 is 0 Å². The third kappa shape index (κ3) is 4.55. The molecular formula is C14H25BrN2O3S. The highest BCUT2D eigenvalue weighted by Gasteiger charge is 2.32. The molecule has 0 saturated carbocycles. The van der Waals surface area contributed by atoms with Crippen LogP contribution in [-0.2, 0) is 16.6 Å². The van der Waals surface area contributed by atoms with Gasteiger partial charge in [0.2, 0.25) is 10.0 Å². The van der Waals surface area contributed by atoms with Gasteiger partial charge < -0.3 is 9.73 Å². The average Bonchev–Trinajstić information content (AvgIpc) is 2.84. The summed E-state index contributed by atoms with van der Waals surface area (Å²) < 4.78 is 33.8. The molecule has 1 aromatic rings. The molecule has 1 rings (SSSR count). The molecule has 0 amide bonds. The topological polar surface area (TPSA) is 71.3 Å². The Morgan fingerprint density at radius 2 is 1.76 bits per heavy atom. The number of hydrogen-bond donors (Lipinski definition) is 2. The Balaban J connectivity index is 3.05. The highest BCUT2D eigenvalue weighted by atomic mass is 79.9. The molecule has 122 valence electrons. The van der Waals surface area contributed by atoms with E-state index in [1.54, 1.807) is 6.07 Å². The van der Waals surface area contributed by atoms with Crippen molar-refractivity contribution >= 4 is 26.0 Å². The molecule has 0 fully saturated rings. The van der Waals surface area contributed by atoms with Gasteiger partial charge in [-0.25, -0.2) is 13.1 Å². The lowest BCUT2D eigenvalue weighted by molar-refractivity contribution is 0.341. The first kappa shape index (κ1) is 18.7. The molecule has 1 heterocycles. The molecule has 0 atom stereocenters. The van der Waals surface area contributed by atoms with Crippen molar-refractivity contribution in [1.29, 1.82) is 0 Å². The molecule has 2 N–H and O–H groups in total. The van der Waals surface area contributed by atoms with Gasteiger partial charge in [0.15, 0.2) is 4.67 Å². The van der Waals surface area contributed by atoms with Gasteiger partial charge in [0, 0.05) is 11.6 Å². The Kier molecular flexibility index (Phi) is 6.90. The first-order valence-electron chi connectivity index (χ1n) is 7.37. The maximum atomic E-state index is 12.6. The van der Waals surface area contributed by atoms with Gasteiger partial charge in [0.05, 0.1) is 6.54 Å². The van der Waals surface area contributed by atoms with Crippen LogP contribution < -0.4 is 10.0 Å². The number of nitrogens with one attached hydrogen (secondary N) is 2. The van der Waals surface area contributed by atoms with Crippen molar-refractivity contribution in [2.24, 2.45) is 0 Å². The summed E-state index contributed by atoms with van der Waals surface area (Å²) >= 11 is 3.20. The molecule has 0 spiro atoms. The van der Waals surface area contributed by atoms with Gasteiger partial charge in [-0.3, -0.25) is 0 Å². The lowest BCUT2D eigenvalue weighted by Crippen LogP contribution is -2.46. The second-order valence-corrected chi connectivity index (χ2v) is 7.45. The normalized spacial score (nSPS) is 12.8. The van der Waals surface area contributed by atoms with Gasteiger partial charge in [0.25, 0.3) is 0 Å². The first-order chi connectivity index (χ1) is 9.84. The summed E-state index contributed by atoms with van der Waals surface area (Å²) in [5, 5.41) is 3.11. The maximum Gasteiger partial charge on any atom is 0.245 e. The summed E-state index contributed by atoms with van der Waals surface area (Å²) in [5.74, 6) is 0.596. The Hall–Kier alpha value is -0.370. The van der Waals surface area contributed by atoms with Crippen LogP contribution in [0.5, 0.6) is 0 Å². The van der Waals surface area contributed by atoms with E-state index in [1.165, 1.54) is 0 Å². The van der Waals surface area contributed by atoms with Crippen molar-refractivity contribution in [3.05, 3.63) is 16.5 Å². The number of rotatable bonds is 9. The van der Waals surface area contributed by atoms with Crippen LogP contribution in [0.1, 0.15) is 52.7 Å². The Labute approximate surface area is 136 Å². The maximum absolute atomic E-state index is 12.6. The molecule has 0 aromatic carbocycles. The van der Waals surface area contributed by atoms with Crippen molar-refractivity contribution in [3.63, 3.8) is 0 Å². The van der Waals surface area contributed by atoms with Crippen LogP contribution in [0.4, 0.5) is 0 Å². The molecule has 1 aromatic heterocycles. The number of sulfonamides is 1. The number of halogens is 1. The standard InChI is InChI=1S/C14H25BrN2O3S/c1-5-14(6-2,7-3)17-21(18,19)12-9-11(10-16-8-4)20-13(12)15/h9,16-17H,5-8,10H2,1-4H3. The summed E-state index contributed by atoms with van der Waals surface area (Å²) in [6, 6.07) is 1.57. The fourth-order valence-corrected chi connectivity index (χ4v) is 4.84. The zero-order valence-electron chi connectivity index (χ0n) is 13.1. The molecule has 0 aliphatic rings. The van der Waals surface area contributed by atoms with E-state index in [-0.39, 0.29) is 9.56 Å². The SMILES string of the molecule is CCNCc1cc(S(=O)(=O)NC(CC)(CC)CC)c(Br)o1. The molecule has 0 aliphatic carbocycles. The van der Waals surface area contributed by atoms with Gasteiger partial charge in [0.1, 0.15) is 10.7 Å². The summed E-state index contributed by atoms with van der Waals surface area (Å²) in [4.78, 5) is 0.162. The summed E-state index contributed by atoms with van der Waals surface area (Å²) in [6.45, 7) is 9.27. The highest BCUT2D eigenvalue weighted by Crippen LogP contribution is 2.29. The van der Waals surface area contributed by atoms with E-state index >= 15 is 0 Å². The van der Waals surface area contributed by atoms with Gasteiger partial charge in [-0.15, -0.1) is 0 Å². The van der Waals surface area contributed by atoms with Crippen molar-refractivity contribution < 1.29 is 12.8 Å². The van der Waals surface area contributed by atoms with Gasteiger partial charge in [-0.2, -0.15) is 0 Å². The fraction of sp³-hybridized carbons (Fsp3) is 0.714. The second kappa shape index (κ2) is 7.76. The molecule has 0 unspecified atom stereocenters. The minimum atomic E-state index is -3.61. The largest absolute Gasteiger partial charge is 0.452 e. The molecular weight excluding hydrogens is 356 g/mol. The van der Waals surface area contributed by atoms with Crippen LogP contribution in [-0.4, -0.2) is 20.5 Å². The summed E-state index contributed by atoms with van der Waals surface area (Å²) in [7, 11) is -3.61. The van der Waals surface area contributed by atoms with E-state index in [2.05, 4.69) is 26.0 Å². The zero-order valence-corrected chi connectivity index (χ0v) is 15.5. The minimum absolute atomic E-state index is 0.162. The van der Waals surface area contributed by atoms with Crippen molar-refractivity contribution in [2.75, 3.05) is 6.54 Å². The zero-order chi connectivity index (χ0) is 16.1. The van der Waals surface area contributed by atoms with E-state index in [9.17, 15) is 8.42 Å². The molecule has 0 saturated heterocycles. The van der Waals surface area contributed by atoms with Crippen LogP contribution in [0.25, 0.3) is 0 Å². The quantitative estimate of drug-likeness (QED) is 0.688. The fourth-order valence-electron chi connectivity index (χ4n) is 2.22. The predicted molar refractivity (Wildman–Crippen MR) is 87.7 cm³/mol. The van der Waals surface area contributed by atoms with E-state index in [1.807, 2.05) is 27.7 Å². The Morgan fingerprint density at radius 3 is 2.24 bits per heavy atom. The van der Waals surface area contributed by atoms with E-state index in [4.69, 9.17) is 4.42 Å². The molecule has 7 heteroatoms. The van der Waals surface area contributed by atoms with Crippen LogP contribution >= 0.6 is 15.9 Å². The first-order valence-corrected chi connectivity index (χ1v) is 9.64. The van der Waals surface area contributed by atoms with Gasteiger partial charge in [-0.05, 0) is 41.7 Å². The highest BCUT2D eigenvalue weighted by molar-refractivity contribution is 9.10. The van der Waals surface area contributed by atoms with Crippen LogP contribution in [0.15, 0.2) is 20.0 Å².